The molecule has 0 radical (unpaired) electrons. The molecular weight excluding hydrogens is 316 g/mol. The lowest BCUT2D eigenvalue weighted by Gasteiger charge is -2.22. The van der Waals surface area contributed by atoms with Gasteiger partial charge in [0.2, 0.25) is 0 Å². The van der Waals surface area contributed by atoms with E-state index in [9.17, 15) is 13.2 Å². The maximum Gasteiger partial charge on any atom is 0.309 e. The Hall–Kier alpha value is -1.40. The fraction of sp³-hybridized carbons (Fsp3) is 0.588. The molecule has 5 nitrogen and oxygen atoms in total. The van der Waals surface area contributed by atoms with Gasteiger partial charge < -0.3 is 4.74 Å². The summed E-state index contributed by atoms with van der Waals surface area (Å²) in [6.45, 7) is 5.45. The van der Waals surface area contributed by atoms with Gasteiger partial charge in [0.1, 0.15) is 11.4 Å². The summed E-state index contributed by atoms with van der Waals surface area (Å²) in [5, 5.41) is 0. The third-order valence-corrected chi connectivity index (χ3v) is 4.85. The highest BCUT2D eigenvalue weighted by atomic mass is 32.2. The maximum absolute atomic E-state index is 12.1. The van der Waals surface area contributed by atoms with Crippen LogP contribution in [0.2, 0.25) is 0 Å². The topological polar surface area (TPSA) is 69.7 Å². The number of ether oxygens (including phenoxy) is 1. The Kier molecular flexibility index (Phi) is 5.47. The number of carbonyl (C=O) groups is 1. The van der Waals surface area contributed by atoms with Crippen molar-refractivity contribution in [3.63, 3.8) is 0 Å². The van der Waals surface area contributed by atoms with Crippen molar-refractivity contribution in [1.82, 2.24) is 0 Å². The van der Waals surface area contributed by atoms with Crippen LogP contribution >= 0.6 is 0 Å². The highest BCUT2D eigenvalue weighted by Crippen LogP contribution is 2.31. The van der Waals surface area contributed by atoms with Gasteiger partial charge in [-0.1, -0.05) is 30.3 Å². The fourth-order valence-electron chi connectivity index (χ4n) is 2.65. The van der Waals surface area contributed by atoms with Crippen LogP contribution in [0.1, 0.15) is 45.6 Å². The normalized spacial score (nSPS) is 22.0. The van der Waals surface area contributed by atoms with E-state index in [0.29, 0.717) is 24.8 Å². The van der Waals surface area contributed by atoms with Gasteiger partial charge in [-0.2, -0.15) is 8.42 Å². The molecule has 0 amide bonds. The molecule has 1 fully saturated rings. The number of esters is 1. The van der Waals surface area contributed by atoms with Crippen LogP contribution in [0.15, 0.2) is 30.3 Å². The molecule has 2 atom stereocenters. The molecule has 0 spiro atoms. The van der Waals surface area contributed by atoms with E-state index in [2.05, 4.69) is 0 Å². The molecule has 0 N–H and O–H groups in total. The first-order valence-electron chi connectivity index (χ1n) is 7.82. The van der Waals surface area contributed by atoms with Crippen LogP contribution in [0.5, 0.6) is 0 Å². The molecule has 0 aliphatic heterocycles. The van der Waals surface area contributed by atoms with Crippen molar-refractivity contribution in [2.45, 2.75) is 57.5 Å². The van der Waals surface area contributed by atoms with Crippen LogP contribution < -0.4 is 0 Å². The lowest BCUT2D eigenvalue weighted by atomic mass is 10.1. The Morgan fingerprint density at radius 1 is 1.17 bits per heavy atom. The molecule has 2 unspecified atom stereocenters. The van der Waals surface area contributed by atoms with Crippen molar-refractivity contribution >= 4 is 16.1 Å². The van der Waals surface area contributed by atoms with Crippen LogP contribution in [-0.2, 0) is 29.6 Å². The number of rotatable bonds is 5. The van der Waals surface area contributed by atoms with Crippen molar-refractivity contribution < 1.29 is 22.1 Å². The molecular formula is C17H24O5S. The van der Waals surface area contributed by atoms with Gasteiger partial charge in [0.25, 0.3) is 10.1 Å². The molecule has 6 heteroatoms. The number of carbonyl (C=O) groups excluding carboxylic acids is 1. The van der Waals surface area contributed by atoms with Crippen molar-refractivity contribution in [3.05, 3.63) is 35.9 Å². The lowest BCUT2D eigenvalue weighted by molar-refractivity contribution is -0.159. The zero-order valence-corrected chi connectivity index (χ0v) is 14.6. The van der Waals surface area contributed by atoms with E-state index in [0.717, 1.165) is 0 Å². The van der Waals surface area contributed by atoms with Gasteiger partial charge in [0.05, 0.1) is 12.0 Å². The van der Waals surface area contributed by atoms with Gasteiger partial charge >= 0.3 is 5.97 Å². The van der Waals surface area contributed by atoms with Gasteiger partial charge in [-0.3, -0.25) is 8.98 Å². The second-order valence-electron chi connectivity index (χ2n) is 6.95. The average molecular weight is 340 g/mol. The molecule has 1 aromatic rings. The van der Waals surface area contributed by atoms with Crippen LogP contribution in [0.3, 0.4) is 0 Å². The first-order valence-corrected chi connectivity index (χ1v) is 9.40. The van der Waals surface area contributed by atoms with Crippen molar-refractivity contribution in [3.8, 4) is 0 Å². The minimum absolute atomic E-state index is 0.151. The summed E-state index contributed by atoms with van der Waals surface area (Å²) >= 11 is 0. The first kappa shape index (κ1) is 17.9. The molecule has 1 aliphatic rings. The quantitative estimate of drug-likeness (QED) is 0.609. The zero-order chi connectivity index (χ0) is 17.1. The predicted molar refractivity (Wildman–Crippen MR) is 87.1 cm³/mol. The Morgan fingerprint density at radius 3 is 2.43 bits per heavy atom. The summed E-state index contributed by atoms with van der Waals surface area (Å²) in [5.41, 5.74) is 0.157. The van der Waals surface area contributed by atoms with Gasteiger partial charge in [-0.15, -0.1) is 0 Å². The SMILES string of the molecule is CC(C)(C)OC(=O)C1CCC(OS(=O)(=O)Cc2ccccc2)C1. The van der Waals surface area contributed by atoms with Crippen molar-refractivity contribution in [1.29, 1.82) is 0 Å². The Labute approximate surface area is 138 Å². The Balaban J connectivity index is 1.88. The average Bonchev–Trinajstić information content (AvgIpc) is 2.85. The molecule has 128 valence electrons. The third-order valence-electron chi connectivity index (χ3n) is 3.59. The summed E-state index contributed by atoms with van der Waals surface area (Å²) in [7, 11) is -3.65. The van der Waals surface area contributed by atoms with E-state index in [-0.39, 0.29) is 17.6 Å². The molecule has 0 saturated heterocycles. The van der Waals surface area contributed by atoms with E-state index in [1.165, 1.54) is 0 Å². The molecule has 0 heterocycles. The molecule has 1 aromatic carbocycles. The molecule has 0 bridgehead atoms. The van der Waals surface area contributed by atoms with Crippen LogP contribution in [0.4, 0.5) is 0 Å². The second kappa shape index (κ2) is 7.01. The van der Waals surface area contributed by atoms with E-state index in [4.69, 9.17) is 8.92 Å². The monoisotopic (exact) mass is 340 g/mol. The van der Waals surface area contributed by atoms with Gasteiger partial charge in [-0.05, 0) is 45.6 Å². The minimum Gasteiger partial charge on any atom is -0.460 e. The minimum atomic E-state index is -3.65. The Morgan fingerprint density at radius 2 is 1.83 bits per heavy atom. The highest BCUT2D eigenvalue weighted by molar-refractivity contribution is 7.85. The summed E-state index contributed by atoms with van der Waals surface area (Å²) in [4.78, 5) is 12.0. The molecule has 0 aromatic heterocycles. The van der Waals surface area contributed by atoms with Gasteiger partial charge in [-0.25, -0.2) is 0 Å². The fourth-order valence-corrected chi connectivity index (χ4v) is 3.90. The van der Waals surface area contributed by atoms with E-state index >= 15 is 0 Å². The lowest BCUT2D eigenvalue weighted by Crippen LogP contribution is -2.28. The number of benzene rings is 1. The van der Waals surface area contributed by atoms with E-state index in [1.54, 1.807) is 24.3 Å². The number of hydrogen-bond donors (Lipinski definition) is 0. The summed E-state index contributed by atoms with van der Waals surface area (Å²) in [6, 6.07) is 8.91. The molecule has 1 saturated carbocycles. The summed E-state index contributed by atoms with van der Waals surface area (Å²) in [5.74, 6) is -0.711. The smallest absolute Gasteiger partial charge is 0.309 e. The highest BCUT2D eigenvalue weighted by Gasteiger charge is 2.35. The van der Waals surface area contributed by atoms with E-state index < -0.39 is 21.8 Å². The van der Waals surface area contributed by atoms with E-state index in [1.807, 2.05) is 26.8 Å². The van der Waals surface area contributed by atoms with Crippen LogP contribution in [-0.4, -0.2) is 26.1 Å². The summed E-state index contributed by atoms with van der Waals surface area (Å²) in [6.07, 6.45) is 1.10. The maximum atomic E-state index is 12.1. The predicted octanol–water partition coefficient (Wildman–Crippen LogP) is 3.04. The second-order valence-corrected chi connectivity index (χ2v) is 8.55. The number of hydrogen-bond acceptors (Lipinski definition) is 5. The van der Waals surface area contributed by atoms with Gasteiger partial charge in [0.15, 0.2) is 0 Å². The van der Waals surface area contributed by atoms with Gasteiger partial charge in [0, 0.05) is 0 Å². The first-order chi connectivity index (χ1) is 10.6. The molecule has 2 rings (SSSR count). The summed E-state index contributed by atoms with van der Waals surface area (Å²) < 4.78 is 34.9. The van der Waals surface area contributed by atoms with Crippen molar-refractivity contribution in [2.75, 3.05) is 0 Å². The molecule has 23 heavy (non-hydrogen) atoms. The largest absolute Gasteiger partial charge is 0.460 e. The standard InChI is InChI=1S/C17H24O5S/c1-17(2,3)21-16(18)14-9-10-15(11-14)22-23(19,20)12-13-7-5-4-6-8-13/h4-8,14-15H,9-12H2,1-3H3. The third kappa shape index (κ3) is 5.95. The van der Waals surface area contributed by atoms with Crippen LogP contribution in [0, 0.1) is 5.92 Å². The zero-order valence-electron chi connectivity index (χ0n) is 13.8. The molecule has 1 aliphatic carbocycles. The van der Waals surface area contributed by atoms with Crippen LogP contribution in [0.25, 0.3) is 0 Å². The Bertz CT molecular complexity index is 631. The van der Waals surface area contributed by atoms with Crippen molar-refractivity contribution in [2.24, 2.45) is 5.92 Å².